The van der Waals surface area contributed by atoms with Crippen molar-refractivity contribution in [3.63, 3.8) is 0 Å². The second-order valence-electron chi connectivity index (χ2n) is 5.29. The Kier molecular flexibility index (Phi) is 5.13. The van der Waals surface area contributed by atoms with Crippen molar-refractivity contribution in [1.29, 1.82) is 0 Å². The molecule has 1 aromatic rings. The molecule has 0 spiro atoms. The first-order valence-corrected chi connectivity index (χ1v) is 6.58. The van der Waals surface area contributed by atoms with Crippen molar-refractivity contribution < 1.29 is 19.4 Å². The lowest BCUT2D eigenvalue weighted by Gasteiger charge is -2.26. The van der Waals surface area contributed by atoms with Gasteiger partial charge in [0.15, 0.2) is 6.10 Å². The highest BCUT2D eigenvalue weighted by molar-refractivity contribution is 5.91. The maximum Gasteiger partial charge on any atom is 0.339 e. The van der Waals surface area contributed by atoms with E-state index < -0.39 is 12.1 Å². The monoisotopic (exact) mass is 279 g/mol. The number of carbonyl (C=O) groups excluding carboxylic acids is 1. The minimum Gasteiger partial charge on any atom is -0.480 e. The zero-order chi connectivity index (χ0) is 15.3. The summed E-state index contributed by atoms with van der Waals surface area (Å²) in [5, 5.41) is 11.9. The van der Waals surface area contributed by atoms with Gasteiger partial charge in [0, 0.05) is 5.54 Å². The average Bonchev–Trinajstić information content (AvgIpc) is 2.38. The molecule has 1 atom stereocenters. The van der Waals surface area contributed by atoms with E-state index in [1.54, 1.807) is 19.1 Å². The third kappa shape index (κ3) is 4.26. The zero-order valence-corrected chi connectivity index (χ0v) is 12.3. The van der Waals surface area contributed by atoms with Gasteiger partial charge in [0.1, 0.15) is 11.3 Å². The van der Waals surface area contributed by atoms with Crippen molar-refractivity contribution in [2.24, 2.45) is 0 Å². The normalized spacial score (nSPS) is 12.6. The molecule has 1 rings (SSSR count). The summed E-state index contributed by atoms with van der Waals surface area (Å²) >= 11 is 0. The highest BCUT2D eigenvalue weighted by Gasteiger charge is 2.24. The standard InChI is InChI=1S/C15H21NO4/c1-5-15(3,4)16-13(17)10(2)20-12-9-7-6-8-11(12)14(18)19/h6-10H,5H2,1-4H3,(H,16,17)(H,18,19). The number of nitrogens with one attached hydrogen (secondary N) is 1. The number of rotatable bonds is 6. The first-order chi connectivity index (χ1) is 9.26. The van der Waals surface area contributed by atoms with Gasteiger partial charge >= 0.3 is 5.97 Å². The van der Waals surface area contributed by atoms with Crippen molar-refractivity contribution in [1.82, 2.24) is 5.32 Å². The number of carboxylic acids is 1. The summed E-state index contributed by atoms with van der Waals surface area (Å²) in [5.41, 5.74) is -0.275. The van der Waals surface area contributed by atoms with Crippen LogP contribution in [0.15, 0.2) is 24.3 Å². The lowest BCUT2D eigenvalue weighted by atomic mass is 10.0. The van der Waals surface area contributed by atoms with E-state index in [1.807, 2.05) is 20.8 Å². The van der Waals surface area contributed by atoms with Gasteiger partial charge in [-0.3, -0.25) is 4.79 Å². The number of hydrogen-bond acceptors (Lipinski definition) is 3. The molecule has 0 aliphatic heterocycles. The molecule has 0 fully saturated rings. The summed E-state index contributed by atoms with van der Waals surface area (Å²) in [4.78, 5) is 23.1. The van der Waals surface area contributed by atoms with Gasteiger partial charge in [0.2, 0.25) is 0 Å². The molecule has 1 unspecified atom stereocenters. The molecular weight excluding hydrogens is 258 g/mol. The molecule has 20 heavy (non-hydrogen) atoms. The van der Waals surface area contributed by atoms with Crippen LogP contribution in [0.4, 0.5) is 0 Å². The van der Waals surface area contributed by atoms with Crippen molar-refractivity contribution in [2.45, 2.75) is 45.8 Å². The first kappa shape index (κ1) is 16.0. The van der Waals surface area contributed by atoms with Crippen LogP contribution in [0.5, 0.6) is 5.75 Å². The van der Waals surface area contributed by atoms with Gasteiger partial charge < -0.3 is 15.2 Å². The molecule has 0 saturated heterocycles. The number of benzene rings is 1. The van der Waals surface area contributed by atoms with Crippen LogP contribution in [0.2, 0.25) is 0 Å². The Morgan fingerprint density at radius 3 is 2.50 bits per heavy atom. The third-order valence-corrected chi connectivity index (χ3v) is 3.14. The molecule has 0 aliphatic rings. The van der Waals surface area contributed by atoms with Crippen LogP contribution >= 0.6 is 0 Å². The fourth-order valence-corrected chi connectivity index (χ4v) is 1.51. The van der Waals surface area contributed by atoms with Gasteiger partial charge in [0.05, 0.1) is 0 Å². The Morgan fingerprint density at radius 1 is 1.35 bits per heavy atom. The fraction of sp³-hybridized carbons (Fsp3) is 0.467. The molecule has 1 aromatic carbocycles. The molecule has 1 amide bonds. The van der Waals surface area contributed by atoms with Gasteiger partial charge in [-0.05, 0) is 39.3 Å². The smallest absolute Gasteiger partial charge is 0.339 e. The summed E-state index contributed by atoms with van der Waals surface area (Å²) in [6.45, 7) is 7.41. The molecule has 0 aromatic heterocycles. The van der Waals surface area contributed by atoms with Crippen LogP contribution < -0.4 is 10.1 Å². The average molecular weight is 279 g/mol. The number of para-hydroxylation sites is 1. The van der Waals surface area contributed by atoms with E-state index in [2.05, 4.69) is 5.32 Å². The summed E-state index contributed by atoms with van der Waals surface area (Å²) in [5.74, 6) is -1.16. The van der Waals surface area contributed by atoms with Crippen LogP contribution in [0, 0.1) is 0 Å². The number of hydrogen-bond donors (Lipinski definition) is 2. The number of carboxylic acid groups (broad SMARTS) is 1. The lowest BCUT2D eigenvalue weighted by molar-refractivity contribution is -0.129. The maximum absolute atomic E-state index is 12.0. The summed E-state index contributed by atoms with van der Waals surface area (Å²) in [7, 11) is 0. The quantitative estimate of drug-likeness (QED) is 0.838. The minimum atomic E-state index is -1.08. The van der Waals surface area contributed by atoms with Crippen LogP contribution in [-0.4, -0.2) is 28.6 Å². The van der Waals surface area contributed by atoms with Crippen molar-refractivity contribution in [2.75, 3.05) is 0 Å². The van der Waals surface area contributed by atoms with E-state index in [0.717, 1.165) is 6.42 Å². The van der Waals surface area contributed by atoms with E-state index in [-0.39, 0.29) is 22.8 Å². The summed E-state index contributed by atoms with van der Waals surface area (Å²) in [6.07, 6.45) is 0.0262. The number of amides is 1. The molecule has 0 aliphatic carbocycles. The first-order valence-electron chi connectivity index (χ1n) is 6.58. The Labute approximate surface area is 118 Å². The number of ether oxygens (including phenoxy) is 1. The predicted molar refractivity (Wildman–Crippen MR) is 76.0 cm³/mol. The number of carbonyl (C=O) groups is 2. The molecule has 0 bridgehead atoms. The molecular formula is C15H21NO4. The summed E-state index contributed by atoms with van der Waals surface area (Å²) in [6, 6.07) is 6.26. The molecule has 0 radical (unpaired) electrons. The van der Waals surface area contributed by atoms with Crippen LogP contribution in [0.25, 0.3) is 0 Å². The highest BCUT2D eigenvalue weighted by atomic mass is 16.5. The Morgan fingerprint density at radius 2 is 1.95 bits per heavy atom. The van der Waals surface area contributed by atoms with Crippen molar-refractivity contribution in [3.8, 4) is 5.75 Å². The second kappa shape index (κ2) is 6.41. The largest absolute Gasteiger partial charge is 0.480 e. The van der Waals surface area contributed by atoms with Crippen molar-refractivity contribution in [3.05, 3.63) is 29.8 Å². The Hall–Kier alpha value is -2.04. The van der Waals surface area contributed by atoms with E-state index >= 15 is 0 Å². The predicted octanol–water partition coefficient (Wildman–Crippen LogP) is 2.46. The summed E-state index contributed by atoms with van der Waals surface area (Å²) < 4.78 is 5.47. The third-order valence-electron chi connectivity index (χ3n) is 3.14. The molecule has 2 N–H and O–H groups in total. The van der Waals surface area contributed by atoms with Crippen molar-refractivity contribution >= 4 is 11.9 Å². The SMILES string of the molecule is CCC(C)(C)NC(=O)C(C)Oc1ccccc1C(=O)O. The molecule has 110 valence electrons. The fourth-order valence-electron chi connectivity index (χ4n) is 1.51. The molecule has 0 saturated carbocycles. The number of aromatic carboxylic acids is 1. The van der Waals surface area contributed by atoms with E-state index in [0.29, 0.717) is 0 Å². The second-order valence-corrected chi connectivity index (χ2v) is 5.29. The lowest BCUT2D eigenvalue weighted by Crippen LogP contribution is -2.48. The van der Waals surface area contributed by atoms with Gasteiger partial charge in [-0.25, -0.2) is 4.79 Å². The maximum atomic E-state index is 12.0. The van der Waals surface area contributed by atoms with E-state index in [1.165, 1.54) is 12.1 Å². The Balaban J connectivity index is 2.79. The minimum absolute atomic E-state index is 0.0434. The highest BCUT2D eigenvalue weighted by Crippen LogP contribution is 2.19. The van der Waals surface area contributed by atoms with Gasteiger partial charge in [-0.15, -0.1) is 0 Å². The van der Waals surface area contributed by atoms with Crippen LogP contribution in [-0.2, 0) is 4.79 Å². The van der Waals surface area contributed by atoms with Gasteiger partial charge in [-0.1, -0.05) is 19.1 Å². The Bertz CT molecular complexity index is 496. The van der Waals surface area contributed by atoms with E-state index in [4.69, 9.17) is 9.84 Å². The molecule has 5 nitrogen and oxygen atoms in total. The van der Waals surface area contributed by atoms with Crippen LogP contribution in [0.3, 0.4) is 0 Å². The molecule has 0 heterocycles. The molecule has 5 heteroatoms. The van der Waals surface area contributed by atoms with Gasteiger partial charge in [0.25, 0.3) is 5.91 Å². The topological polar surface area (TPSA) is 75.6 Å². The van der Waals surface area contributed by atoms with E-state index in [9.17, 15) is 9.59 Å². The zero-order valence-electron chi connectivity index (χ0n) is 12.3. The van der Waals surface area contributed by atoms with Crippen LogP contribution in [0.1, 0.15) is 44.5 Å². The van der Waals surface area contributed by atoms with Gasteiger partial charge in [-0.2, -0.15) is 0 Å².